The first-order valence-electron chi connectivity index (χ1n) is 6.11. The van der Waals surface area contributed by atoms with Crippen molar-refractivity contribution >= 4 is 27.8 Å². The van der Waals surface area contributed by atoms with E-state index in [0.717, 1.165) is 0 Å². The Hall–Kier alpha value is -1.80. The summed E-state index contributed by atoms with van der Waals surface area (Å²) in [7, 11) is 0. The number of hydrogen-bond acceptors (Lipinski definition) is 2. The molecule has 18 heavy (non-hydrogen) atoms. The molecule has 0 radical (unpaired) electrons. The van der Waals surface area contributed by atoms with E-state index in [1.807, 2.05) is 0 Å². The Balaban J connectivity index is 1.95. The molecule has 3 rings (SSSR count). The van der Waals surface area contributed by atoms with Crippen molar-refractivity contribution in [3.05, 3.63) is 64.9 Å². The van der Waals surface area contributed by atoms with Crippen LogP contribution in [-0.2, 0) is 0 Å². The molecule has 0 aliphatic carbocycles. The standard InChI is InChI=1S/C16H15NS/c1-12(14-9-10-18-11-14)17-16-8-4-6-13-5-2-3-7-15(13)16/h2-12,17H,1H3. The summed E-state index contributed by atoms with van der Waals surface area (Å²) in [6.07, 6.45) is 0. The molecule has 0 aliphatic heterocycles. The van der Waals surface area contributed by atoms with Gasteiger partial charge in [0.2, 0.25) is 0 Å². The highest BCUT2D eigenvalue weighted by atomic mass is 32.1. The maximum Gasteiger partial charge on any atom is 0.0494 e. The van der Waals surface area contributed by atoms with Crippen LogP contribution in [0.5, 0.6) is 0 Å². The van der Waals surface area contributed by atoms with E-state index in [4.69, 9.17) is 0 Å². The van der Waals surface area contributed by atoms with Crippen molar-refractivity contribution in [2.24, 2.45) is 0 Å². The van der Waals surface area contributed by atoms with Gasteiger partial charge in [0.05, 0.1) is 0 Å². The quantitative estimate of drug-likeness (QED) is 0.686. The molecule has 0 fully saturated rings. The zero-order valence-electron chi connectivity index (χ0n) is 10.3. The summed E-state index contributed by atoms with van der Waals surface area (Å²) in [5.41, 5.74) is 2.54. The summed E-state index contributed by atoms with van der Waals surface area (Å²) < 4.78 is 0. The summed E-state index contributed by atoms with van der Waals surface area (Å²) in [5, 5.41) is 10.5. The zero-order valence-corrected chi connectivity index (χ0v) is 11.1. The summed E-state index contributed by atoms with van der Waals surface area (Å²) in [4.78, 5) is 0. The molecule has 0 aliphatic rings. The molecular weight excluding hydrogens is 238 g/mol. The lowest BCUT2D eigenvalue weighted by molar-refractivity contribution is 0.893. The minimum Gasteiger partial charge on any atom is -0.378 e. The van der Waals surface area contributed by atoms with Gasteiger partial charge in [-0.1, -0.05) is 36.4 Å². The highest BCUT2D eigenvalue weighted by Crippen LogP contribution is 2.27. The summed E-state index contributed by atoms with van der Waals surface area (Å²) in [5.74, 6) is 0. The fourth-order valence-corrected chi connectivity index (χ4v) is 2.94. The highest BCUT2D eigenvalue weighted by molar-refractivity contribution is 7.08. The predicted molar refractivity (Wildman–Crippen MR) is 80.3 cm³/mol. The molecule has 0 saturated heterocycles. The van der Waals surface area contributed by atoms with Gasteiger partial charge in [-0.15, -0.1) is 0 Å². The van der Waals surface area contributed by atoms with Gasteiger partial charge in [0.25, 0.3) is 0 Å². The third-order valence-electron chi connectivity index (χ3n) is 3.20. The summed E-state index contributed by atoms with van der Waals surface area (Å²) in [6, 6.07) is 17.4. The molecule has 0 saturated carbocycles. The molecule has 3 aromatic rings. The van der Waals surface area contributed by atoms with Crippen molar-refractivity contribution in [1.82, 2.24) is 0 Å². The van der Waals surface area contributed by atoms with Gasteiger partial charge in [-0.3, -0.25) is 0 Å². The number of thiophene rings is 1. The number of fused-ring (bicyclic) bond motifs is 1. The lowest BCUT2D eigenvalue weighted by Crippen LogP contribution is -2.05. The Bertz CT molecular complexity index is 638. The van der Waals surface area contributed by atoms with E-state index in [1.165, 1.54) is 22.0 Å². The first-order chi connectivity index (χ1) is 8.84. The fraction of sp³-hybridized carbons (Fsp3) is 0.125. The largest absolute Gasteiger partial charge is 0.378 e. The molecule has 2 aromatic carbocycles. The van der Waals surface area contributed by atoms with Crippen molar-refractivity contribution in [2.75, 3.05) is 5.32 Å². The number of hydrogen-bond donors (Lipinski definition) is 1. The van der Waals surface area contributed by atoms with Gasteiger partial charge in [0.1, 0.15) is 0 Å². The second-order valence-corrected chi connectivity index (χ2v) is 5.23. The van der Waals surface area contributed by atoms with Crippen molar-refractivity contribution in [3.63, 3.8) is 0 Å². The van der Waals surface area contributed by atoms with E-state index in [0.29, 0.717) is 6.04 Å². The smallest absolute Gasteiger partial charge is 0.0494 e. The van der Waals surface area contributed by atoms with Crippen LogP contribution in [0.4, 0.5) is 5.69 Å². The monoisotopic (exact) mass is 253 g/mol. The van der Waals surface area contributed by atoms with Crippen LogP contribution in [0.15, 0.2) is 59.3 Å². The van der Waals surface area contributed by atoms with Gasteiger partial charge in [0, 0.05) is 17.1 Å². The van der Waals surface area contributed by atoms with E-state index in [9.17, 15) is 0 Å². The second kappa shape index (κ2) is 4.83. The predicted octanol–water partition coefficient (Wildman–Crippen LogP) is 5.07. The molecule has 1 N–H and O–H groups in total. The average Bonchev–Trinajstić information content (AvgIpc) is 2.93. The van der Waals surface area contributed by atoms with Crippen LogP contribution >= 0.6 is 11.3 Å². The van der Waals surface area contributed by atoms with Crippen LogP contribution in [0.2, 0.25) is 0 Å². The van der Waals surface area contributed by atoms with Crippen LogP contribution in [0.25, 0.3) is 10.8 Å². The first kappa shape index (κ1) is 11.3. The Labute approximate surface area is 111 Å². The summed E-state index contributed by atoms with van der Waals surface area (Å²) in [6.45, 7) is 2.20. The molecular formula is C16H15NS. The number of anilines is 1. The molecule has 1 heterocycles. The van der Waals surface area contributed by atoms with Crippen LogP contribution in [0, 0.1) is 0 Å². The fourth-order valence-electron chi connectivity index (χ4n) is 2.19. The van der Waals surface area contributed by atoms with Crippen LogP contribution < -0.4 is 5.32 Å². The van der Waals surface area contributed by atoms with Gasteiger partial charge >= 0.3 is 0 Å². The topological polar surface area (TPSA) is 12.0 Å². The first-order valence-corrected chi connectivity index (χ1v) is 7.05. The molecule has 2 heteroatoms. The lowest BCUT2D eigenvalue weighted by Gasteiger charge is -2.16. The van der Waals surface area contributed by atoms with E-state index in [1.54, 1.807) is 11.3 Å². The van der Waals surface area contributed by atoms with Gasteiger partial charge in [0.15, 0.2) is 0 Å². The Morgan fingerprint density at radius 1 is 1.00 bits per heavy atom. The Morgan fingerprint density at radius 2 is 1.83 bits per heavy atom. The van der Waals surface area contributed by atoms with E-state index in [2.05, 4.69) is 71.5 Å². The second-order valence-electron chi connectivity index (χ2n) is 4.45. The van der Waals surface area contributed by atoms with Gasteiger partial charge < -0.3 is 5.32 Å². The average molecular weight is 253 g/mol. The van der Waals surface area contributed by atoms with Gasteiger partial charge in [-0.05, 0) is 40.8 Å². The van der Waals surface area contributed by atoms with Crippen molar-refractivity contribution < 1.29 is 0 Å². The maximum atomic E-state index is 3.59. The van der Waals surface area contributed by atoms with Crippen LogP contribution in [0.3, 0.4) is 0 Å². The summed E-state index contributed by atoms with van der Waals surface area (Å²) >= 11 is 1.74. The highest BCUT2D eigenvalue weighted by Gasteiger charge is 2.07. The molecule has 0 spiro atoms. The van der Waals surface area contributed by atoms with E-state index in [-0.39, 0.29) is 0 Å². The van der Waals surface area contributed by atoms with Gasteiger partial charge in [-0.25, -0.2) is 0 Å². The third kappa shape index (κ3) is 2.12. The van der Waals surface area contributed by atoms with E-state index < -0.39 is 0 Å². The minimum atomic E-state index is 0.335. The molecule has 90 valence electrons. The Kier molecular flexibility index (Phi) is 3.03. The number of rotatable bonds is 3. The third-order valence-corrected chi connectivity index (χ3v) is 3.91. The molecule has 1 aromatic heterocycles. The Morgan fingerprint density at radius 3 is 2.67 bits per heavy atom. The number of benzene rings is 2. The molecule has 1 unspecified atom stereocenters. The number of nitrogens with one attached hydrogen (secondary N) is 1. The normalized spacial score (nSPS) is 12.5. The van der Waals surface area contributed by atoms with Crippen molar-refractivity contribution in [2.45, 2.75) is 13.0 Å². The lowest BCUT2D eigenvalue weighted by atomic mass is 10.1. The van der Waals surface area contributed by atoms with E-state index >= 15 is 0 Å². The molecule has 0 bridgehead atoms. The van der Waals surface area contributed by atoms with Crippen LogP contribution in [-0.4, -0.2) is 0 Å². The van der Waals surface area contributed by atoms with Crippen molar-refractivity contribution in [1.29, 1.82) is 0 Å². The SMILES string of the molecule is CC(Nc1cccc2ccccc12)c1ccsc1. The van der Waals surface area contributed by atoms with Crippen molar-refractivity contribution in [3.8, 4) is 0 Å². The molecule has 1 atom stereocenters. The maximum absolute atomic E-state index is 3.59. The minimum absolute atomic E-state index is 0.335. The molecule has 0 amide bonds. The molecule has 1 nitrogen and oxygen atoms in total. The van der Waals surface area contributed by atoms with Crippen LogP contribution in [0.1, 0.15) is 18.5 Å². The zero-order chi connectivity index (χ0) is 12.4. The van der Waals surface area contributed by atoms with Gasteiger partial charge in [-0.2, -0.15) is 11.3 Å².